The number of nitrogens with one attached hydrogen (secondary N) is 3. The Kier molecular flexibility index (Phi) is 8.88. The molecule has 2 aliphatic rings. The molecule has 3 heterocycles. The highest BCUT2D eigenvalue weighted by molar-refractivity contribution is 5.98. The van der Waals surface area contributed by atoms with Crippen LogP contribution in [-0.2, 0) is 0 Å². The second-order valence-electron chi connectivity index (χ2n) is 10.7. The monoisotopic (exact) mass is 554 g/mol. The minimum absolute atomic E-state index is 0.00688. The number of fused-ring (bicyclic) bond motifs is 1. The van der Waals surface area contributed by atoms with Crippen molar-refractivity contribution in [3.63, 3.8) is 0 Å². The van der Waals surface area contributed by atoms with Crippen molar-refractivity contribution in [3.05, 3.63) is 58.6 Å². The van der Waals surface area contributed by atoms with Gasteiger partial charge in [-0.1, -0.05) is 6.92 Å². The number of nitrogens with zero attached hydrogens (tertiary/aromatic N) is 1. The van der Waals surface area contributed by atoms with Crippen LogP contribution in [-0.4, -0.2) is 60.9 Å². The van der Waals surface area contributed by atoms with Gasteiger partial charge in [-0.2, -0.15) is 0 Å². The summed E-state index contributed by atoms with van der Waals surface area (Å²) < 4.78 is 35.9. The molecule has 1 unspecified atom stereocenters. The molecule has 1 aliphatic carbocycles. The topological polar surface area (TPSA) is 111 Å². The average Bonchev–Trinajstić information content (AvgIpc) is 3.58. The molecule has 1 saturated carbocycles. The smallest absolute Gasteiger partial charge is 0.255 e. The fourth-order valence-corrected chi connectivity index (χ4v) is 5.28. The van der Waals surface area contributed by atoms with Crippen LogP contribution in [0.25, 0.3) is 16.7 Å². The molecule has 0 spiro atoms. The number of carbonyl (C=O) groups excluding carboxylic acids is 2. The number of rotatable bonds is 8. The van der Waals surface area contributed by atoms with Crippen molar-refractivity contribution >= 4 is 35.1 Å². The third-order valence-electron chi connectivity index (χ3n) is 7.46. The molecule has 10 heteroatoms. The highest BCUT2D eigenvalue weighted by atomic mass is 19.3. The predicted octanol–water partition coefficient (Wildman–Crippen LogP) is 5.99. The second-order valence-corrected chi connectivity index (χ2v) is 10.7. The zero-order valence-corrected chi connectivity index (χ0v) is 23.3. The van der Waals surface area contributed by atoms with Crippen molar-refractivity contribution in [2.45, 2.75) is 46.0 Å². The molecule has 3 N–H and O–H groups in total. The average molecular weight is 555 g/mol. The van der Waals surface area contributed by atoms with Crippen molar-refractivity contribution in [2.24, 2.45) is 11.8 Å². The van der Waals surface area contributed by atoms with Gasteiger partial charge in [-0.3, -0.25) is 9.59 Å². The molecule has 1 atom stereocenters. The van der Waals surface area contributed by atoms with Crippen LogP contribution in [0.3, 0.4) is 0 Å². The SMILES string of the molecule is CNCC1CC(F)(F)C1.Cc1oc2cc(O/C(=C/C=N)c3[nH]cc(C(=O)N4CCC(C)C4)c3C)ccc2c1C=O. The third kappa shape index (κ3) is 6.33. The van der Waals surface area contributed by atoms with Crippen LogP contribution in [0.15, 0.2) is 34.9 Å². The molecule has 1 aliphatic heterocycles. The van der Waals surface area contributed by atoms with Gasteiger partial charge < -0.3 is 29.8 Å². The van der Waals surface area contributed by atoms with Crippen molar-refractivity contribution in [1.82, 2.24) is 15.2 Å². The van der Waals surface area contributed by atoms with Crippen LogP contribution < -0.4 is 10.1 Å². The van der Waals surface area contributed by atoms with Gasteiger partial charge in [0.2, 0.25) is 5.92 Å². The number of aromatic amines is 1. The number of aryl methyl sites for hydroxylation is 1. The Balaban J connectivity index is 0.000000350. The number of furan rings is 1. The normalized spacial score (nSPS) is 18.7. The van der Waals surface area contributed by atoms with E-state index in [1.807, 2.05) is 11.8 Å². The second kappa shape index (κ2) is 12.2. The minimum Gasteiger partial charge on any atom is -0.460 e. The number of ether oxygens (including phenoxy) is 1. The third-order valence-corrected chi connectivity index (χ3v) is 7.46. The fraction of sp³-hybridized carbons (Fsp3) is 0.433. The number of hydrogen-bond donors (Lipinski definition) is 3. The first kappa shape index (κ1) is 29.2. The van der Waals surface area contributed by atoms with Crippen LogP contribution >= 0.6 is 0 Å². The van der Waals surface area contributed by atoms with Crippen LogP contribution in [0, 0.1) is 31.1 Å². The molecule has 40 heavy (non-hydrogen) atoms. The van der Waals surface area contributed by atoms with E-state index >= 15 is 0 Å². The minimum atomic E-state index is -2.35. The molecule has 2 aromatic heterocycles. The van der Waals surface area contributed by atoms with E-state index in [9.17, 15) is 18.4 Å². The van der Waals surface area contributed by atoms with Gasteiger partial charge in [-0.05, 0) is 63.4 Å². The Bertz CT molecular complexity index is 1420. The Hall–Kier alpha value is -3.79. The van der Waals surface area contributed by atoms with E-state index in [1.54, 1.807) is 38.4 Å². The maximum atomic E-state index is 12.9. The van der Waals surface area contributed by atoms with Gasteiger partial charge in [0, 0.05) is 55.9 Å². The summed E-state index contributed by atoms with van der Waals surface area (Å²) >= 11 is 0. The summed E-state index contributed by atoms with van der Waals surface area (Å²) in [5, 5.41) is 11.1. The number of alkyl halides is 2. The van der Waals surface area contributed by atoms with Gasteiger partial charge in [-0.15, -0.1) is 0 Å². The highest BCUT2D eigenvalue weighted by Crippen LogP contribution is 2.41. The number of aromatic nitrogens is 1. The van der Waals surface area contributed by atoms with Crippen LogP contribution in [0.5, 0.6) is 5.75 Å². The number of benzene rings is 1. The molecule has 2 fully saturated rings. The molecule has 0 radical (unpaired) electrons. The standard InChI is InChI=1S/C24H25N3O4.C6H11F2N/c1-14-7-9-27(12-14)24(29)19-11-26-23(15(19)2)21(6-8-25)31-17-4-5-18-20(13-28)16(3)30-22(18)10-17;1-9-4-5-2-6(7,8)3-5/h4-6,8,10-11,13-14,25-26H,7,9,12H2,1-3H3;5,9H,2-4H2,1H3/b21-6+,25-8?;. The zero-order chi connectivity index (χ0) is 29.0. The van der Waals surface area contributed by atoms with E-state index in [-0.39, 0.29) is 24.7 Å². The molecule has 0 bridgehead atoms. The molecule has 8 nitrogen and oxygen atoms in total. The van der Waals surface area contributed by atoms with E-state index in [4.69, 9.17) is 14.6 Å². The number of halogens is 2. The summed E-state index contributed by atoms with van der Waals surface area (Å²) in [6.07, 6.45) is 6.32. The lowest BCUT2D eigenvalue weighted by Gasteiger charge is -2.34. The lowest BCUT2D eigenvalue weighted by atomic mass is 9.81. The number of H-pyrrole nitrogens is 1. The summed E-state index contributed by atoms with van der Waals surface area (Å²) in [6.45, 7) is 8.03. The number of carbonyl (C=O) groups is 2. The summed E-state index contributed by atoms with van der Waals surface area (Å²) in [5.74, 6) is -0.142. The predicted molar refractivity (Wildman–Crippen MR) is 151 cm³/mol. The first-order valence-corrected chi connectivity index (χ1v) is 13.4. The first-order chi connectivity index (χ1) is 19.1. The Morgan fingerprint density at radius 2 is 2.08 bits per heavy atom. The zero-order valence-electron chi connectivity index (χ0n) is 23.3. The first-order valence-electron chi connectivity index (χ1n) is 13.4. The van der Waals surface area contributed by atoms with Gasteiger partial charge in [-0.25, -0.2) is 8.78 Å². The summed E-state index contributed by atoms with van der Waals surface area (Å²) in [7, 11) is 1.79. The Morgan fingerprint density at radius 1 is 1.32 bits per heavy atom. The number of aldehydes is 1. The van der Waals surface area contributed by atoms with Crippen LogP contribution in [0.4, 0.5) is 8.78 Å². The van der Waals surface area contributed by atoms with Gasteiger partial charge >= 0.3 is 0 Å². The number of likely N-dealkylation sites (tertiary alicyclic amines) is 1. The molecule has 3 aromatic rings. The number of amides is 1. The molecular weight excluding hydrogens is 518 g/mol. The molecule has 1 saturated heterocycles. The maximum Gasteiger partial charge on any atom is 0.255 e. The van der Waals surface area contributed by atoms with E-state index in [0.717, 1.165) is 49.5 Å². The molecule has 1 amide bonds. The Labute approximate surface area is 232 Å². The summed E-state index contributed by atoms with van der Waals surface area (Å²) in [4.78, 5) is 29.2. The van der Waals surface area contributed by atoms with Crippen LogP contribution in [0.1, 0.15) is 63.9 Å². The van der Waals surface area contributed by atoms with E-state index < -0.39 is 5.92 Å². The van der Waals surface area contributed by atoms with E-state index in [0.29, 0.717) is 45.6 Å². The Morgan fingerprint density at radius 3 is 2.67 bits per heavy atom. The number of allylic oxidation sites excluding steroid dienone is 1. The van der Waals surface area contributed by atoms with Crippen molar-refractivity contribution < 1.29 is 27.5 Å². The largest absolute Gasteiger partial charge is 0.460 e. The molecular formula is C30H36F2N4O4. The quantitative estimate of drug-likeness (QED) is 0.180. The van der Waals surface area contributed by atoms with Gasteiger partial charge in [0.05, 0.1) is 16.8 Å². The lowest BCUT2D eigenvalue weighted by Crippen LogP contribution is -2.40. The van der Waals surface area contributed by atoms with E-state index in [1.165, 1.54) is 6.08 Å². The number of hydrogen-bond acceptors (Lipinski definition) is 6. The molecule has 214 valence electrons. The summed E-state index contributed by atoms with van der Waals surface area (Å²) in [6, 6.07) is 5.24. The summed E-state index contributed by atoms with van der Waals surface area (Å²) in [5.41, 5.74) is 3.10. The lowest BCUT2D eigenvalue weighted by molar-refractivity contribution is -0.108. The van der Waals surface area contributed by atoms with Gasteiger partial charge in [0.1, 0.15) is 17.1 Å². The molecule has 1 aromatic carbocycles. The van der Waals surface area contributed by atoms with Gasteiger partial charge in [0.25, 0.3) is 5.91 Å². The van der Waals surface area contributed by atoms with Gasteiger partial charge in [0.15, 0.2) is 12.0 Å². The molecule has 5 rings (SSSR count). The van der Waals surface area contributed by atoms with Crippen LogP contribution in [0.2, 0.25) is 0 Å². The fourth-order valence-electron chi connectivity index (χ4n) is 5.28. The van der Waals surface area contributed by atoms with Crippen molar-refractivity contribution in [3.8, 4) is 5.75 Å². The maximum absolute atomic E-state index is 12.9. The van der Waals surface area contributed by atoms with E-state index in [2.05, 4.69) is 17.2 Å². The van der Waals surface area contributed by atoms with Crippen molar-refractivity contribution in [2.75, 3.05) is 26.7 Å². The van der Waals surface area contributed by atoms with Crippen molar-refractivity contribution in [1.29, 1.82) is 5.41 Å². The highest BCUT2D eigenvalue weighted by Gasteiger charge is 2.44.